The van der Waals surface area contributed by atoms with Crippen LogP contribution in [0, 0.1) is 0 Å². The molecule has 0 amide bonds. The van der Waals surface area contributed by atoms with E-state index in [9.17, 15) is 15.0 Å². The Hall–Kier alpha value is -3.09. The maximum atomic E-state index is 12.5. The molecule has 0 saturated heterocycles. The maximum Gasteiger partial charge on any atom is 0.204 e. The topological polar surface area (TPSA) is 94.5 Å². The normalized spacial score (nSPS) is 16.0. The number of phenolic OH excluding ortho intramolecular Hbond substituents is 2. The van der Waals surface area contributed by atoms with Crippen molar-refractivity contribution in [3.63, 3.8) is 0 Å². The summed E-state index contributed by atoms with van der Waals surface area (Å²) in [6.45, 7) is 0. The fourth-order valence-electron chi connectivity index (χ4n) is 2.88. The minimum atomic E-state index is -0.641. The molecule has 7 nitrogen and oxygen atoms in total. The van der Waals surface area contributed by atoms with E-state index in [1.165, 1.54) is 33.5 Å². The molecular formula is C18H18O7. The molecule has 1 atom stereocenters. The molecule has 0 radical (unpaired) electrons. The molecule has 2 N–H and O–H groups in total. The Bertz CT molecular complexity index is 829. The largest absolute Gasteiger partial charge is 0.507 e. The average Bonchev–Trinajstić information content (AvgIpc) is 2.60. The number of carbonyl (C=O) groups is 1. The Morgan fingerprint density at radius 1 is 1.00 bits per heavy atom. The predicted molar refractivity (Wildman–Crippen MR) is 88.2 cm³/mol. The van der Waals surface area contributed by atoms with Gasteiger partial charge in [-0.25, -0.2) is 0 Å². The fraction of sp³-hybridized carbons (Fsp3) is 0.278. The first-order valence-corrected chi connectivity index (χ1v) is 7.54. The first kappa shape index (κ1) is 16.8. The summed E-state index contributed by atoms with van der Waals surface area (Å²) in [5.41, 5.74) is 0.660. The molecule has 132 valence electrons. The van der Waals surface area contributed by atoms with Crippen LogP contribution in [-0.4, -0.2) is 37.3 Å². The van der Waals surface area contributed by atoms with Gasteiger partial charge in [0.05, 0.1) is 27.8 Å². The van der Waals surface area contributed by atoms with Crippen LogP contribution in [0.2, 0.25) is 0 Å². The van der Waals surface area contributed by atoms with Crippen molar-refractivity contribution in [2.45, 2.75) is 12.5 Å². The molecule has 3 rings (SSSR count). The van der Waals surface area contributed by atoms with E-state index in [1.807, 2.05) is 0 Å². The van der Waals surface area contributed by atoms with Crippen LogP contribution in [0.5, 0.6) is 34.5 Å². The van der Waals surface area contributed by atoms with Gasteiger partial charge in [0.25, 0.3) is 0 Å². The Balaban J connectivity index is 2.07. The molecule has 0 aliphatic carbocycles. The van der Waals surface area contributed by atoms with Crippen LogP contribution in [0.25, 0.3) is 0 Å². The van der Waals surface area contributed by atoms with Gasteiger partial charge in [-0.1, -0.05) is 6.07 Å². The molecular weight excluding hydrogens is 328 g/mol. The third-order valence-electron chi connectivity index (χ3n) is 4.09. The SMILES string of the molecule is COc1ccc([C@H]2CC(=O)c3c(O)cc(OC)c(OC)c3O2)cc1O. The Morgan fingerprint density at radius 2 is 1.72 bits per heavy atom. The summed E-state index contributed by atoms with van der Waals surface area (Å²) in [6, 6.07) is 6.09. The van der Waals surface area contributed by atoms with Crippen molar-refractivity contribution in [3.8, 4) is 34.5 Å². The second-order valence-electron chi connectivity index (χ2n) is 5.50. The highest BCUT2D eigenvalue weighted by molar-refractivity contribution is 6.03. The van der Waals surface area contributed by atoms with Crippen LogP contribution in [0.1, 0.15) is 28.4 Å². The number of phenols is 2. The molecule has 0 fully saturated rings. The minimum Gasteiger partial charge on any atom is -0.507 e. The Morgan fingerprint density at radius 3 is 2.32 bits per heavy atom. The van der Waals surface area contributed by atoms with Crippen LogP contribution in [-0.2, 0) is 0 Å². The van der Waals surface area contributed by atoms with E-state index in [-0.39, 0.29) is 46.5 Å². The van der Waals surface area contributed by atoms with Crippen LogP contribution >= 0.6 is 0 Å². The van der Waals surface area contributed by atoms with Gasteiger partial charge in [0.15, 0.2) is 28.8 Å². The van der Waals surface area contributed by atoms with Gasteiger partial charge in [-0.15, -0.1) is 0 Å². The van der Waals surface area contributed by atoms with E-state index >= 15 is 0 Å². The molecule has 1 heterocycles. The molecule has 0 spiro atoms. The first-order chi connectivity index (χ1) is 12.0. The number of hydrogen-bond donors (Lipinski definition) is 2. The zero-order valence-electron chi connectivity index (χ0n) is 14.0. The van der Waals surface area contributed by atoms with Gasteiger partial charge in [0.2, 0.25) is 5.75 Å². The molecule has 2 aromatic rings. The van der Waals surface area contributed by atoms with Crippen molar-refractivity contribution in [1.82, 2.24) is 0 Å². The number of rotatable bonds is 4. The molecule has 2 aromatic carbocycles. The number of fused-ring (bicyclic) bond motifs is 1. The first-order valence-electron chi connectivity index (χ1n) is 7.54. The second kappa shape index (κ2) is 6.43. The predicted octanol–water partition coefficient (Wildman–Crippen LogP) is 2.83. The zero-order chi connectivity index (χ0) is 18.1. The van der Waals surface area contributed by atoms with Crippen LogP contribution in [0.15, 0.2) is 24.3 Å². The van der Waals surface area contributed by atoms with Gasteiger partial charge in [-0.05, 0) is 17.7 Å². The van der Waals surface area contributed by atoms with Crippen molar-refractivity contribution in [2.75, 3.05) is 21.3 Å². The lowest BCUT2D eigenvalue weighted by molar-refractivity contribution is 0.0835. The summed E-state index contributed by atoms with van der Waals surface area (Å²) in [5.74, 6) is 0.353. The van der Waals surface area contributed by atoms with Crippen LogP contribution < -0.4 is 18.9 Å². The molecule has 1 aliphatic heterocycles. The van der Waals surface area contributed by atoms with Crippen molar-refractivity contribution in [2.24, 2.45) is 0 Å². The van der Waals surface area contributed by atoms with Gasteiger partial charge in [0.1, 0.15) is 17.4 Å². The van der Waals surface area contributed by atoms with E-state index in [1.54, 1.807) is 12.1 Å². The highest BCUT2D eigenvalue weighted by Gasteiger charge is 2.34. The maximum absolute atomic E-state index is 12.5. The number of ether oxygens (including phenoxy) is 4. The van der Waals surface area contributed by atoms with Crippen molar-refractivity contribution in [1.29, 1.82) is 0 Å². The summed E-state index contributed by atoms with van der Waals surface area (Å²) in [7, 11) is 4.30. The molecule has 7 heteroatoms. The summed E-state index contributed by atoms with van der Waals surface area (Å²) in [5, 5.41) is 20.1. The molecule has 0 unspecified atom stereocenters. The van der Waals surface area contributed by atoms with Crippen LogP contribution in [0.3, 0.4) is 0 Å². The van der Waals surface area contributed by atoms with E-state index in [4.69, 9.17) is 18.9 Å². The minimum absolute atomic E-state index is 0.0157. The molecule has 0 bridgehead atoms. The van der Waals surface area contributed by atoms with E-state index in [0.29, 0.717) is 11.3 Å². The van der Waals surface area contributed by atoms with Crippen molar-refractivity contribution < 1.29 is 34.0 Å². The molecule has 25 heavy (non-hydrogen) atoms. The van der Waals surface area contributed by atoms with Gasteiger partial charge < -0.3 is 29.2 Å². The van der Waals surface area contributed by atoms with Crippen molar-refractivity contribution in [3.05, 3.63) is 35.4 Å². The van der Waals surface area contributed by atoms with Crippen molar-refractivity contribution >= 4 is 5.78 Å². The van der Waals surface area contributed by atoms with Gasteiger partial charge in [-0.3, -0.25) is 4.79 Å². The molecule has 0 saturated carbocycles. The quantitative estimate of drug-likeness (QED) is 0.879. The lowest BCUT2D eigenvalue weighted by Crippen LogP contribution is -2.21. The number of aromatic hydroxyl groups is 2. The number of hydrogen-bond acceptors (Lipinski definition) is 7. The summed E-state index contributed by atoms with van der Waals surface area (Å²) < 4.78 is 21.4. The lowest BCUT2D eigenvalue weighted by atomic mass is 9.95. The summed E-state index contributed by atoms with van der Waals surface area (Å²) in [4.78, 5) is 12.5. The third kappa shape index (κ3) is 2.77. The Labute approximate surface area is 144 Å². The fourth-order valence-corrected chi connectivity index (χ4v) is 2.88. The standard InChI is InChI=1S/C18H18O7/c1-22-13-5-4-9(6-10(13)19)14-7-11(20)16-12(21)8-15(23-2)17(24-3)18(16)25-14/h4-6,8,14,19,21H,7H2,1-3H3/t14-/m1/s1. The third-order valence-corrected chi connectivity index (χ3v) is 4.09. The molecule has 0 aromatic heterocycles. The monoisotopic (exact) mass is 346 g/mol. The summed E-state index contributed by atoms with van der Waals surface area (Å²) in [6.07, 6.45) is -0.626. The van der Waals surface area contributed by atoms with E-state index in [2.05, 4.69) is 0 Å². The van der Waals surface area contributed by atoms with Crippen LogP contribution in [0.4, 0.5) is 0 Å². The van der Waals surface area contributed by atoms with Gasteiger partial charge >= 0.3 is 0 Å². The Kier molecular flexibility index (Phi) is 4.31. The average molecular weight is 346 g/mol. The number of Topliss-reactive ketones (excluding diaryl/α,β-unsaturated/α-hetero) is 1. The number of methoxy groups -OCH3 is 3. The number of benzene rings is 2. The summed E-state index contributed by atoms with van der Waals surface area (Å²) >= 11 is 0. The zero-order valence-corrected chi connectivity index (χ0v) is 14.0. The number of carbonyl (C=O) groups excluding carboxylic acids is 1. The van der Waals surface area contributed by atoms with Gasteiger partial charge in [-0.2, -0.15) is 0 Å². The van der Waals surface area contributed by atoms with E-state index in [0.717, 1.165) is 0 Å². The van der Waals surface area contributed by atoms with Gasteiger partial charge in [0, 0.05) is 6.07 Å². The second-order valence-corrected chi connectivity index (χ2v) is 5.50. The highest BCUT2D eigenvalue weighted by Crippen LogP contribution is 2.50. The number of ketones is 1. The lowest BCUT2D eigenvalue weighted by Gasteiger charge is -2.28. The van der Waals surface area contributed by atoms with E-state index < -0.39 is 6.10 Å². The highest BCUT2D eigenvalue weighted by atomic mass is 16.5. The molecule has 1 aliphatic rings. The smallest absolute Gasteiger partial charge is 0.204 e.